The highest BCUT2D eigenvalue weighted by Gasteiger charge is 2.03. The Labute approximate surface area is 182 Å². The molecule has 3 aromatic rings. The summed E-state index contributed by atoms with van der Waals surface area (Å²) >= 11 is 0. The monoisotopic (exact) mass is 417 g/mol. The molecule has 3 aromatic carbocycles. The predicted octanol–water partition coefficient (Wildman–Crippen LogP) is 5.31. The number of nitrogens with zero attached hydrogens (tertiary/aromatic N) is 1. The highest BCUT2D eigenvalue weighted by Crippen LogP contribution is 2.22. The molecule has 0 fully saturated rings. The first-order valence-corrected chi connectivity index (χ1v) is 10.2. The van der Waals surface area contributed by atoms with Crippen LogP contribution in [-0.2, 0) is 0 Å². The van der Waals surface area contributed by atoms with Crippen LogP contribution in [0.4, 0.5) is 10.5 Å². The van der Waals surface area contributed by atoms with E-state index in [4.69, 9.17) is 9.47 Å². The molecule has 0 atom stereocenters. The average Bonchev–Trinajstić information content (AvgIpc) is 2.76. The molecule has 0 bridgehead atoms. The highest BCUT2D eigenvalue weighted by atomic mass is 16.5. The van der Waals surface area contributed by atoms with Crippen molar-refractivity contribution in [3.63, 3.8) is 0 Å². The van der Waals surface area contributed by atoms with Crippen molar-refractivity contribution in [3.05, 3.63) is 89.5 Å². The van der Waals surface area contributed by atoms with E-state index < -0.39 is 6.03 Å². The van der Waals surface area contributed by atoms with E-state index in [0.717, 1.165) is 34.6 Å². The van der Waals surface area contributed by atoms with Gasteiger partial charge in [0.2, 0.25) is 0 Å². The zero-order valence-electron chi connectivity index (χ0n) is 17.8. The van der Waals surface area contributed by atoms with E-state index in [0.29, 0.717) is 18.9 Å². The first kappa shape index (κ1) is 21.9. The number of carbonyl (C=O) groups is 1. The second kappa shape index (κ2) is 11.4. The Bertz CT molecular complexity index is 999. The van der Waals surface area contributed by atoms with Gasteiger partial charge in [0.1, 0.15) is 11.5 Å². The first-order chi connectivity index (χ1) is 15.1. The van der Waals surface area contributed by atoms with Crippen molar-refractivity contribution in [2.75, 3.05) is 18.5 Å². The summed E-state index contributed by atoms with van der Waals surface area (Å²) in [6.45, 7) is 5.23. The van der Waals surface area contributed by atoms with Gasteiger partial charge >= 0.3 is 6.03 Å². The Balaban J connectivity index is 1.40. The number of aryl methyl sites for hydroxylation is 2. The molecule has 3 rings (SSSR count). The van der Waals surface area contributed by atoms with Gasteiger partial charge in [0.05, 0.1) is 19.4 Å². The van der Waals surface area contributed by atoms with Gasteiger partial charge < -0.3 is 14.8 Å². The minimum atomic E-state index is -0.404. The average molecular weight is 418 g/mol. The van der Waals surface area contributed by atoms with Gasteiger partial charge in [-0.1, -0.05) is 48.5 Å². The molecule has 2 amide bonds. The zero-order valence-corrected chi connectivity index (χ0v) is 17.8. The molecule has 0 aliphatic heterocycles. The lowest BCUT2D eigenvalue weighted by molar-refractivity contribution is 0.245. The van der Waals surface area contributed by atoms with Crippen molar-refractivity contribution in [1.82, 2.24) is 5.43 Å². The fraction of sp³-hybridized carbons (Fsp3) is 0.200. The Hall–Kier alpha value is -3.80. The maximum absolute atomic E-state index is 11.8. The van der Waals surface area contributed by atoms with Crippen molar-refractivity contribution < 1.29 is 14.3 Å². The van der Waals surface area contributed by atoms with Gasteiger partial charge in [-0.15, -0.1) is 0 Å². The van der Waals surface area contributed by atoms with Gasteiger partial charge in [-0.3, -0.25) is 0 Å². The number of benzene rings is 3. The van der Waals surface area contributed by atoms with Crippen LogP contribution < -0.4 is 20.2 Å². The third-order valence-corrected chi connectivity index (χ3v) is 4.48. The molecule has 6 heteroatoms. The van der Waals surface area contributed by atoms with E-state index in [2.05, 4.69) is 15.8 Å². The summed E-state index contributed by atoms with van der Waals surface area (Å²) in [6.07, 6.45) is 2.34. The first-order valence-electron chi connectivity index (χ1n) is 10.2. The summed E-state index contributed by atoms with van der Waals surface area (Å²) in [5, 5.41) is 6.67. The molecule has 0 unspecified atom stereocenters. The normalized spacial score (nSPS) is 10.6. The summed E-state index contributed by atoms with van der Waals surface area (Å²) in [5.74, 6) is 1.69. The Morgan fingerprint density at radius 1 is 0.903 bits per heavy atom. The number of ether oxygens (including phenoxy) is 2. The topological polar surface area (TPSA) is 72.0 Å². The van der Waals surface area contributed by atoms with E-state index in [-0.39, 0.29) is 0 Å². The Morgan fingerprint density at radius 2 is 1.61 bits per heavy atom. The van der Waals surface area contributed by atoms with Crippen LogP contribution in [0, 0.1) is 13.8 Å². The van der Waals surface area contributed by atoms with Gasteiger partial charge in [-0.25, -0.2) is 10.2 Å². The quantitative estimate of drug-likeness (QED) is 0.282. The van der Waals surface area contributed by atoms with E-state index in [1.54, 1.807) is 18.3 Å². The molecule has 0 aromatic heterocycles. The largest absolute Gasteiger partial charge is 0.493 e. The van der Waals surface area contributed by atoms with E-state index >= 15 is 0 Å². The zero-order chi connectivity index (χ0) is 21.9. The number of anilines is 1. The minimum Gasteiger partial charge on any atom is -0.493 e. The van der Waals surface area contributed by atoms with Crippen LogP contribution in [0.1, 0.15) is 23.1 Å². The number of nitrogens with one attached hydrogen (secondary N) is 2. The summed E-state index contributed by atoms with van der Waals surface area (Å²) in [6, 6.07) is 22.4. The fourth-order valence-corrected chi connectivity index (χ4v) is 2.98. The number of urea groups is 1. The number of carbonyl (C=O) groups excluding carboxylic acids is 1. The van der Waals surface area contributed by atoms with E-state index in [1.165, 1.54) is 0 Å². The maximum Gasteiger partial charge on any atom is 0.339 e. The lowest BCUT2D eigenvalue weighted by atomic mass is 10.1. The molecule has 6 nitrogen and oxygen atoms in total. The Morgan fingerprint density at radius 3 is 2.39 bits per heavy atom. The molecule has 31 heavy (non-hydrogen) atoms. The van der Waals surface area contributed by atoms with E-state index in [1.807, 2.05) is 74.5 Å². The SMILES string of the molecule is Cc1cccc(C)c1OCCCOc1cccc(/C=N/NC(=O)Nc2ccccc2)c1. The minimum absolute atomic E-state index is 0.404. The molecule has 2 N–H and O–H groups in total. The smallest absolute Gasteiger partial charge is 0.339 e. The molecule has 0 saturated heterocycles. The Kier molecular flexibility index (Phi) is 8.05. The lowest BCUT2D eigenvalue weighted by Crippen LogP contribution is -2.24. The second-order valence-corrected chi connectivity index (χ2v) is 7.03. The van der Waals surface area contributed by atoms with Gasteiger partial charge in [-0.2, -0.15) is 5.10 Å². The van der Waals surface area contributed by atoms with Crippen LogP contribution in [0.15, 0.2) is 77.9 Å². The molecular weight excluding hydrogens is 390 g/mol. The number of hydrazone groups is 1. The van der Waals surface area contributed by atoms with Crippen LogP contribution in [0.2, 0.25) is 0 Å². The number of hydrogen-bond acceptors (Lipinski definition) is 4. The van der Waals surface area contributed by atoms with E-state index in [9.17, 15) is 4.79 Å². The number of para-hydroxylation sites is 2. The summed E-state index contributed by atoms with van der Waals surface area (Å²) in [7, 11) is 0. The van der Waals surface area contributed by atoms with Gasteiger partial charge in [0.25, 0.3) is 0 Å². The van der Waals surface area contributed by atoms with Crippen LogP contribution in [0.5, 0.6) is 11.5 Å². The standard InChI is InChI=1S/C25H27N3O3/c1-19-9-6-10-20(2)24(19)31-16-8-15-30-23-14-7-11-21(17-23)18-26-28-25(29)27-22-12-4-3-5-13-22/h3-7,9-14,17-18H,8,15-16H2,1-2H3,(H2,27,28,29)/b26-18+. The van der Waals surface area contributed by atoms with Gasteiger partial charge in [0, 0.05) is 12.1 Å². The van der Waals surface area contributed by atoms with Crippen molar-refractivity contribution in [1.29, 1.82) is 0 Å². The number of hydrogen-bond donors (Lipinski definition) is 2. The molecule has 0 spiro atoms. The fourth-order valence-electron chi connectivity index (χ4n) is 2.98. The van der Waals surface area contributed by atoms with Crippen LogP contribution >= 0.6 is 0 Å². The molecule has 0 aliphatic carbocycles. The third kappa shape index (κ3) is 7.19. The number of amides is 2. The summed E-state index contributed by atoms with van der Waals surface area (Å²) in [4.78, 5) is 11.8. The van der Waals surface area contributed by atoms with Crippen molar-refractivity contribution in [2.45, 2.75) is 20.3 Å². The number of rotatable bonds is 9. The molecule has 0 heterocycles. The van der Waals surface area contributed by atoms with Crippen LogP contribution in [-0.4, -0.2) is 25.5 Å². The lowest BCUT2D eigenvalue weighted by Gasteiger charge is -2.12. The molecule has 0 radical (unpaired) electrons. The van der Waals surface area contributed by atoms with Crippen molar-refractivity contribution in [3.8, 4) is 11.5 Å². The van der Waals surface area contributed by atoms with Gasteiger partial charge in [0.15, 0.2) is 0 Å². The van der Waals surface area contributed by atoms with Crippen molar-refractivity contribution in [2.24, 2.45) is 5.10 Å². The third-order valence-electron chi connectivity index (χ3n) is 4.48. The van der Waals surface area contributed by atoms with Crippen LogP contribution in [0.3, 0.4) is 0 Å². The molecule has 160 valence electrons. The molecular formula is C25H27N3O3. The summed E-state index contributed by atoms with van der Waals surface area (Å²) in [5.41, 5.74) is 6.25. The van der Waals surface area contributed by atoms with Crippen molar-refractivity contribution >= 4 is 17.9 Å². The molecule has 0 aliphatic rings. The van der Waals surface area contributed by atoms with Gasteiger partial charge in [-0.05, 0) is 54.8 Å². The predicted molar refractivity (Wildman–Crippen MR) is 124 cm³/mol. The second-order valence-electron chi connectivity index (χ2n) is 7.03. The molecule has 0 saturated carbocycles. The van der Waals surface area contributed by atoms with Crippen LogP contribution in [0.25, 0.3) is 0 Å². The maximum atomic E-state index is 11.8. The summed E-state index contributed by atoms with van der Waals surface area (Å²) < 4.78 is 11.7. The highest BCUT2D eigenvalue weighted by molar-refractivity contribution is 5.90.